The van der Waals surface area contributed by atoms with Crippen LogP contribution in [-0.4, -0.2) is 80.1 Å². The number of amides is 1. The lowest BCUT2D eigenvalue weighted by Gasteiger charge is -2.30. The summed E-state index contributed by atoms with van der Waals surface area (Å²) in [5, 5.41) is 17.7. The second kappa shape index (κ2) is 14.8. The third kappa shape index (κ3) is 8.27. The van der Waals surface area contributed by atoms with Crippen LogP contribution in [0.25, 0.3) is 32.3 Å². The average molecular weight is 698 g/mol. The smallest absolute Gasteiger partial charge is 0.369 e. The average Bonchev–Trinajstić information content (AvgIpc) is 3.03. The number of benzene rings is 5. The minimum absolute atomic E-state index is 0.169. The van der Waals surface area contributed by atoms with Gasteiger partial charge in [0, 0.05) is 19.5 Å². The molecule has 0 spiro atoms. The zero-order valence-electron chi connectivity index (χ0n) is 26.1. The van der Waals surface area contributed by atoms with Crippen molar-refractivity contribution in [2.24, 2.45) is 5.10 Å². The van der Waals surface area contributed by atoms with E-state index in [9.17, 15) is 38.6 Å². The van der Waals surface area contributed by atoms with Gasteiger partial charge in [-0.3, -0.25) is 13.9 Å². The van der Waals surface area contributed by atoms with Crippen LogP contribution in [0.5, 0.6) is 5.75 Å². The molecule has 0 saturated carbocycles. The molecule has 0 radical (unpaired) electrons. The Morgan fingerprint density at radius 1 is 0.875 bits per heavy atom. The predicted octanol–water partition coefficient (Wildman–Crippen LogP) is 4.34. The Labute approximate surface area is 276 Å². The molecule has 0 aliphatic heterocycles. The molecule has 0 fully saturated rings. The minimum atomic E-state index is -5.49. The lowest BCUT2D eigenvalue weighted by Crippen LogP contribution is -2.34. The normalized spacial score (nSPS) is 13.0. The van der Waals surface area contributed by atoms with Crippen LogP contribution in [0, 0.1) is 0 Å². The number of nitrogens with one attached hydrogen (secondary N) is 1. The molecule has 48 heavy (non-hydrogen) atoms. The van der Waals surface area contributed by atoms with E-state index in [0.717, 1.165) is 16.3 Å². The standard InChI is InChI=1S/C33H37N3O10P2/c1-36(15-13-33(38,47(39,40)41)48(42,43)44)14-4-16-46-29-8-2-5-23(19-29)20-34-35-30(37)22-45-21-24-17-27-11-9-25-6-3-7-26-10-12-28(18-24)32(27)31(25)26/h2-3,5-12,17-20,38H,4,13-16,21-22H2,1H3,(H,35,37)(H2,39,40,41)(H2,42,43,44)/b34-20+. The maximum atomic E-state index is 12.3. The van der Waals surface area contributed by atoms with E-state index in [0.29, 0.717) is 24.3 Å². The number of hydrazone groups is 1. The molecule has 0 unspecified atom stereocenters. The Morgan fingerprint density at radius 2 is 1.48 bits per heavy atom. The maximum absolute atomic E-state index is 12.3. The highest BCUT2D eigenvalue weighted by molar-refractivity contribution is 7.72. The minimum Gasteiger partial charge on any atom is -0.494 e. The number of nitrogens with zero attached hydrogens (tertiary/aromatic N) is 2. The van der Waals surface area contributed by atoms with Crippen LogP contribution in [-0.2, 0) is 25.3 Å². The fourth-order valence-electron chi connectivity index (χ4n) is 5.50. The van der Waals surface area contributed by atoms with E-state index in [1.807, 2.05) is 0 Å². The van der Waals surface area contributed by atoms with E-state index in [4.69, 9.17) is 9.47 Å². The molecule has 0 heterocycles. The summed E-state index contributed by atoms with van der Waals surface area (Å²) in [6.45, 7) is 0.567. The first-order valence-corrected chi connectivity index (χ1v) is 18.3. The van der Waals surface area contributed by atoms with Gasteiger partial charge in [-0.15, -0.1) is 0 Å². The first kappa shape index (κ1) is 35.6. The number of carbonyl (C=O) groups is 1. The highest BCUT2D eigenvalue weighted by Crippen LogP contribution is 2.68. The van der Waals surface area contributed by atoms with Crippen LogP contribution in [0.3, 0.4) is 0 Å². The van der Waals surface area contributed by atoms with Crippen molar-refractivity contribution in [3.8, 4) is 5.75 Å². The fourth-order valence-corrected chi connectivity index (χ4v) is 7.64. The third-order valence-corrected chi connectivity index (χ3v) is 11.9. The van der Waals surface area contributed by atoms with Crippen LogP contribution < -0.4 is 10.2 Å². The maximum Gasteiger partial charge on any atom is 0.369 e. The van der Waals surface area contributed by atoms with Crippen molar-refractivity contribution < 1.29 is 48.1 Å². The molecular weight excluding hydrogens is 660 g/mol. The number of aliphatic hydroxyl groups is 1. The molecule has 5 aromatic carbocycles. The molecule has 0 atom stereocenters. The molecule has 0 bridgehead atoms. The zero-order chi connectivity index (χ0) is 34.5. The molecular formula is C33H37N3O10P2. The summed E-state index contributed by atoms with van der Waals surface area (Å²) in [5.41, 5.74) is 4.10. The second-order valence-corrected chi connectivity index (χ2v) is 15.6. The topological polar surface area (TPSA) is 198 Å². The molecule has 5 rings (SSSR count). The quantitative estimate of drug-likeness (QED) is 0.0282. The SMILES string of the molecule is CN(CCCOc1cccc(/C=N/NC(=O)COCc2cc3ccc4cccc5ccc(c2)c3c45)c1)CCC(O)(P(=O)(O)O)P(=O)(O)O. The Kier molecular flexibility index (Phi) is 11.0. The summed E-state index contributed by atoms with van der Waals surface area (Å²) in [6.07, 6.45) is 1.13. The van der Waals surface area contributed by atoms with Crippen LogP contribution in [0.1, 0.15) is 24.0 Å². The van der Waals surface area contributed by atoms with E-state index in [2.05, 4.69) is 65.1 Å². The van der Waals surface area contributed by atoms with E-state index in [-0.39, 0.29) is 26.4 Å². The molecule has 13 nitrogen and oxygen atoms in total. The Balaban J connectivity index is 1.04. The number of hydrogen-bond donors (Lipinski definition) is 6. The van der Waals surface area contributed by atoms with Crippen molar-refractivity contribution in [1.82, 2.24) is 10.3 Å². The Hall–Kier alpha value is -3.74. The number of hydrogen-bond acceptors (Lipinski definition) is 8. The summed E-state index contributed by atoms with van der Waals surface area (Å²) >= 11 is 0. The molecule has 5 aromatic rings. The highest BCUT2D eigenvalue weighted by Gasteiger charge is 2.58. The zero-order valence-corrected chi connectivity index (χ0v) is 27.9. The summed E-state index contributed by atoms with van der Waals surface area (Å²) in [7, 11) is -9.39. The van der Waals surface area contributed by atoms with E-state index >= 15 is 0 Å². The molecule has 1 amide bonds. The van der Waals surface area contributed by atoms with Crippen molar-refractivity contribution in [2.75, 3.05) is 33.4 Å². The molecule has 15 heteroatoms. The molecule has 6 N–H and O–H groups in total. The van der Waals surface area contributed by atoms with Crippen molar-refractivity contribution in [3.63, 3.8) is 0 Å². The van der Waals surface area contributed by atoms with Gasteiger partial charge in [-0.1, -0.05) is 54.6 Å². The molecule has 0 aliphatic rings. The van der Waals surface area contributed by atoms with Gasteiger partial charge in [0.25, 0.3) is 11.0 Å². The van der Waals surface area contributed by atoms with E-state index < -0.39 is 32.6 Å². The van der Waals surface area contributed by atoms with Gasteiger partial charge in [-0.25, -0.2) is 5.43 Å². The van der Waals surface area contributed by atoms with E-state index in [1.54, 1.807) is 36.2 Å². The van der Waals surface area contributed by atoms with Crippen LogP contribution in [0.15, 0.2) is 84.0 Å². The summed E-state index contributed by atoms with van der Waals surface area (Å²) in [4.78, 5) is 50.9. The monoisotopic (exact) mass is 697 g/mol. The summed E-state index contributed by atoms with van der Waals surface area (Å²) in [5.74, 6) is 0.141. The Bertz CT molecular complexity index is 1940. The second-order valence-electron chi connectivity index (χ2n) is 11.6. The van der Waals surface area contributed by atoms with Gasteiger partial charge in [-0.2, -0.15) is 5.10 Å². The van der Waals surface area contributed by atoms with Crippen LogP contribution in [0.2, 0.25) is 0 Å². The lowest BCUT2D eigenvalue weighted by atomic mass is 9.93. The van der Waals surface area contributed by atoms with Gasteiger partial charge in [0.05, 0.1) is 19.4 Å². The molecule has 0 saturated heterocycles. The predicted molar refractivity (Wildman–Crippen MR) is 183 cm³/mol. The van der Waals surface area contributed by atoms with Crippen molar-refractivity contribution >= 4 is 59.6 Å². The van der Waals surface area contributed by atoms with Crippen molar-refractivity contribution in [3.05, 3.63) is 90.0 Å². The molecule has 0 aromatic heterocycles. The van der Waals surface area contributed by atoms with Gasteiger partial charge in [0.1, 0.15) is 12.4 Å². The number of carbonyl (C=O) groups excluding carboxylic acids is 1. The third-order valence-electron chi connectivity index (χ3n) is 8.00. The molecule has 0 aliphatic carbocycles. The largest absolute Gasteiger partial charge is 0.494 e. The fraction of sp³-hybridized carbons (Fsp3) is 0.273. The van der Waals surface area contributed by atoms with Gasteiger partial charge < -0.3 is 39.1 Å². The number of rotatable bonds is 16. The number of ether oxygens (including phenoxy) is 2. The highest BCUT2D eigenvalue weighted by atomic mass is 31.2. The molecule has 254 valence electrons. The van der Waals surface area contributed by atoms with Crippen molar-refractivity contribution in [2.45, 2.75) is 24.5 Å². The summed E-state index contributed by atoms with van der Waals surface area (Å²) < 4.78 is 34.4. The first-order chi connectivity index (χ1) is 22.7. The van der Waals surface area contributed by atoms with E-state index in [1.165, 1.54) is 27.8 Å². The van der Waals surface area contributed by atoms with Crippen molar-refractivity contribution in [1.29, 1.82) is 0 Å². The van der Waals surface area contributed by atoms with Crippen LogP contribution >= 0.6 is 15.2 Å². The van der Waals surface area contributed by atoms with Crippen LogP contribution in [0.4, 0.5) is 0 Å². The first-order valence-electron chi connectivity index (χ1n) is 15.1. The van der Waals surface area contributed by atoms with Gasteiger partial charge in [-0.05, 0) is 81.2 Å². The Morgan fingerprint density at radius 3 is 2.12 bits per heavy atom. The van der Waals surface area contributed by atoms with Gasteiger partial charge in [0.2, 0.25) is 0 Å². The van der Waals surface area contributed by atoms with Gasteiger partial charge >= 0.3 is 15.2 Å². The summed E-state index contributed by atoms with van der Waals surface area (Å²) in [6, 6.07) is 25.9. The lowest BCUT2D eigenvalue weighted by molar-refractivity contribution is -0.126. The van der Waals surface area contributed by atoms with Gasteiger partial charge in [0.15, 0.2) is 0 Å².